The lowest BCUT2D eigenvalue weighted by atomic mass is 10.0. The number of likely N-dealkylation sites (tertiary alicyclic amines) is 1. The zero-order chi connectivity index (χ0) is 18.1. The number of nitrogens with one attached hydrogen (secondary N) is 1. The summed E-state index contributed by atoms with van der Waals surface area (Å²) in [5, 5.41) is 3.19. The Kier molecular flexibility index (Phi) is 4.16. The summed E-state index contributed by atoms with van der Waals surface area (Å²) in [5.74, 6) is -0.163. The van der Waals surface area contributed by atoms with E-state index in [2.05, 4.69) is 5.10 Å². The van der Waals surface area contributed by atoms with E-state index in [1.54, 1.807) is 29.2 Å². The van der Waals surface area contributed by atoms with Gasteiger partial charge in [0.05, 0.1) is 16.8 Å². The molecule has 1 saturated heterocycles. The molecule has 1 amide bonds. The molecule has 3 aromatic rings. The van der Waals surface area contributed by atoms with Gasteiger partial charge in [0.25, 0.3) is 11.1 Å². The highest BCUT2D eigenvalue weighted by Crippen LogP contribution is 2.31. The van der Waals surface area contributed by atoms with Gasteiger partial charge >= 0.3 is 0 Å². The summed E-state index contributed by atoms with van der Waals surface area (Å²) in [6.45, 7) is 0.493. The Morgan fingerprint density at radius 2 is 1.69 bits per heavy atom. The summed E-state index contributed by atoms with van der Waals surface area (Å²) in [7, 11) is 0. The number of rotatable bonds is 3. The van der Waals surface area contributed by atoms with Gasteiger partial charge in [-0.3, -0.25) is 19.5 Å². The van der Waals surface area contributed by atoms with Crippen LogP contribution in [0.15, 0.2) is 64.2 Å². The Morgan fingerprint density at radius 1 is 1.00 bits per heavy atom. The van der Waals surface area contributed by atoms with Crippen molar-refractivity contribution >= 4 is 16.7 Å². The first-order chi connectivity index (χ1) is 12.6. The zero-order valence-corrected chi connectivity index (χ0v) is 14.2. The largest absolute Gasteiger partial charge is 0.334 e. The molecule has 6 nitrogen and oxygen atoms in total. The number of aromatic nitrogens is 2. The molecule has 2 heterocycles. The van der Waals surface area contributed by atoms with Gasteiger partial charge in [-0.25, -0.2) is 4.68 Å². The van der Waals surface area contributed by atoms with E-state index >= 15 is 0 Å². The van der Waals surface area contributed by atoms with Gasteiger partial charge in [-0.05, 0) is 30.5 Å². The van der Waals surface area contributed by atoms with Crippen molar-refractivity contribution in [3.05, 3.63) is 80.9 Å². The normalized spacial score (nSPS) is 16.9. The molecule has 1 atom stereocenters. The van der Waals surface area contributed by atoms with Gasteiger partial charge in [0.2, 0.25) is 5.91 Å². The summed E-state index contributed by atoms with van der Waals surface area (Å²) in [5.41, 5.74) is 0.371. The first-order valence-corrected chi connectivity index (χ1v) is 8.71. The van der Waals surface area contributed by atoms with Gasteiger partial charge in [0, 0.05) is 6.54 Å². The SMILES string of the molecule is O=C(Cn1[nH]c(=O)c2ccccc2c1=O)N1CCC[C@@H]1c1ccccc1. The van der Waals surface area contributed by atoms with E-state index in [4.69, 9.17) is 0 Å². The molecular formula is C20H19N3O3. The van der Waals surface area contributed by atoms with Crippen LogP contribution >= 0.6 is 0 Å². The van der Waals surface area contributed by atoms with Crippen LogP contribution in [0.1, 0.15) is 24.4 Å². The van der Waals surface area contributed by atoms with Crippen LogP contribution in [0, 0.1) is 0 Å². The zero-order valence-electron chi connectivity index (χ0n) is 14.2. The van der Waals surface area contributed by atoms with Crippen molar-refractivity contribution in [2.45, 2.75) is 25.4 Å². The van der Waals surface area contributed by atoms with Gasteiger partial charge in [-0.1, -0.05) is 42.5 Å². The molecule has 6 heteroatoms. The quantitative estimate of drug-likeness (QED) is 0.786. The third-order valence-corrected chi connectivity index (χ3v) is 4.93. The number of fused-ring (bicyclic) bond motifs is 1. The van der Waals surface area contributed by atoms with Crippen molar-refractivity contribution in [3.8, 4) is 0 Å². The van der Waals surface area contributed by atoms with Crippen LogP contribution in [0.4, 0.5) is 0 Å². The van der Waals surface area contributed by atoms with Crippen molar-refractivity contribution in [1.82, 2.24) is 14.7 Å². The number of aromatic amines is 1. The van der Waals surface area contributed by atoms with E-state index < -0.39 is 0 Å². The maximum Gasteiger partial charge on any atom is 0.273 e. The topological polar surface area (TPSA) is 75.2 Å². The second-order valence-corrected chi connectivity index (χ2v) is 6.53. The Bertz CT molecular complexity index is 1070. The minimum absolute atomic E-state index is 0.0200. The lowest BCUT2D eigenvalue weighted by molar-refractivity contribution is -0.133. The molecule has 1 N–H and O–H groups in total. The number of hydrogen-bond acceptors (Lipinski definition) is 3. The van der Waals surface area contributed by atoms with Crippen molar-refractivity contribution in [3.63, 3.8) is 0 Å². The first-order valence-electron chi connectivity index (χ1n) is 8.71. The van der Waals surface area contributed by atoms with Crippen LogP contribution in [-0.4, -0.2) is 27.1 Å². The molecule has 1 aliphatic rings. The van der Waals surface area contributed by atoms with Crippen molar-refractivity contribution < 1.29 is 4.79 Å². The standard InChI is InChI=1S/C20H19N3O3/c24-18(22-12-6-11-17(22)14-7-2-1-3-8-14)13-23-20(26)16-10-5-4-9-15(16)19(25)21-23/h1-5,7-10,17H,6,11-13H2,(H,21,25)/t17-/m1/s1. The van der Waals surface area contributed by atoms with E-state index in [1.807, 2.05) is 30.3 Å². The van der Waals surface area contributed by atoms with Crippen LogP contribution in [0.5, 0.6) is 0 Å². The van der Waals surface area contributed by atoms with Crippen LogP contribution in [0.3, 0.4) is 0 Å². The number of carbonyl (C=O) groups is 1. The fraction of sp³-hybridized carbons (Fsp3) is 0.250. The number of hydrogen-bond donors (Lipinski definition) is 1. The fourth-order valence-corrected chi connectivity index (χ4v) is 3.67. The van der Waals surface area contributed by atoms with Crippen molar-refractivity contribution in [1.29, 1.82) is 0 Å². The monoisotopic (exact) mass is 349 g/mol. The molecule has 0 aliphatic carbocycles. The average molecular weight is 349 g/mol. The number of benzene rings is 2. The van der Waals surface area contributed by atoms with Gasteiger partial charge < -0.3 is 4.90 Å². The molecule has 132 valence electrons. The molecule has 0 saturated carbocycles. The van der Waals surface area contributed by atoms with Crippen LogP contribution in [0.2, 0.25) is 0 Å². The summed E-state index contributed by atoms with van der Waals surface area (Å²) < 4.78 is 1.12. The summed E-state index contributed by atoms with van der Waals surface area (Å²) >= 11 is 0. The molecule has 1 fully saturated rings. The lowest BCUT2D eigenvalue weighted by Gasteiger charge is -2.25. The predicted octanol–water partition coefficient (Wildman–Crippen LogP) is 2.05. The Hall–Kier alpha value is -3.15. The van der Waals surface area contributed by atoms with Crippen LogP contribution in [-0.2, 0) is 11.3 Å². The molecule has 1 aromatic heterocycles. The third-order valence-electron chi connectivity index (χ3n) is 4.93. The Morgan fingerprint density at radius 3 is 2.46 bits per heavy atom. The molecule has 0 unspecified atom stereocenters. The lowest BCUT2D eigenvalue weighted by Crippen LogP contribution is -2.39. The van der Waals surface area contributed by atoms with Gasteiger partial charge in [-0.2, -0.15) is 0 Å². The highest BCUT2D eigenvalue weighted by molar-refractivity contribution is 5.81. The van der Waals surface area contributed by atoms with E-state index in [1.165, 1.54) is 0 Å². The second kappa shape index (κ2) is 6.63. The highest BCUT2D eigenvalue weighted by Gasteiger charge is 2.30. The maximum atomic E-state index is 12.8. The van der Waals surface area contributed by atoms with Gasteiger partial charge in [0.1, 0.15) is 6.54 Å². The highest BCUT2D eigenvalue weighted by atomic mass is 16.2. The average Bonchev–Trinajstić information content (AvgIpc) is 3.16. The van der Waals surface area contributed by atoms with Crippen LogP contribution in [0.25, 0.3) is 10.8 Å². The molecule has 26 heavy (non-hydrogen) atoms. The molecule has 0 bridgehead atoms. The third kappa shape index (κ3) is 2.83. The Labute approximate surface area is 149 Å². The minimum Gasteiger partial charge on any atom is -0.334 e. The maximum absolute atomic E-state index is 12.8. The van der Waals surface area contributed by atoms with Gasteiger partial charge in [0.15, 0.2) is 0 Å². The molecule has 0 radical (unpaired) electrons. The minimum atomic E-state index is -0.367. The molecule has 0 spiro atoms. The molecular weight excluding hydrogens is 330 g/mol. The van der Waals surface area contributed by atoms with Crippen LogP contribution < -0.4 is 11.1 Å². The summed E-state index contributed by atoms with van der Waals surface area (Å²) in [4.78, 5) is 39.4. The van der Waals surface area contributed by atoms with E-state index in [9.17, 15) is 14.4 Å². The second-order valence-electron chi connectivity index (χ2n) is 6.53. The van der Waals surface area contributed by atoms with Gasteiger partial charge in [-0.15, -0.1) is 0 Å². The predicted molar refractivity (Wildman–Crippen MR) is 99.0 cm³/mol. The number of amides is 1. The summed E-state index contributed by atoms with van der Waals surface area (Å²) in [6.07, 6.45) is 1.83. The Balaban J connectivity index is 1.64. The van der Waals surface area contributed by atoms with Crippen molar-refractivity contribution in [2.24, 2.45) is 0 Å². The number of nitrogens with zero attached hydrogens (tertiary/aromatic N) is 2. The number of carbonyl (C=O) groups excluding carboxylic acids is 1. The van der Waals surface area contributed by atoms with E-state index in [0.717, 1.165) is 23.1 Å². The smallest absolute Gasteiger partial charge is 0.273 e. The first kappa shape index (κ1) is 16.3. The van der Waals surface area contributed by atoms with E-state index in [-0.39, 0.29) is 29.6 Å². The summed E-state index contributed by atoms with van der Waals surface area (Å²) in [6, 6.07) is 16.5. The molecule has 2 aromatic carbocycles. The molecule has 4 rings (SSSR count). The molecule has 1 aliphatic heterocycles. The van der Waals surface area contributed by atoms with Crippen molar-refractivity contribution in [2.75, 3.05) is 6.54 Å². The van der Waals surface area contributed by atoms with E-state index in [0.29, 0.717) is 17.3 Å². The fourth-order valence-electron chi connectivity index (χ4n) is 3.67. The number of H-pyrrole nitrogens is 1.